The molecular weight excluding hydrogens is 326 g/mol. The number of hydrogen-bond acceptors (Lipinski definition) is 5. The van der Waals surface area contributed by atoms with Crippen molar-refractivity contribution >= 4 is 39.4 Å². The Labute approximate surface area is 123 Å². The second-order valence-electron chi connectivity index (χ2n) is 4.82. The largest absolute Gasteiger partial charge is 0.335 e. The Morgan fingerprint density at radius 3 is 2.84 bits per heavy atom. The summed E-state index contributed by atoms with van der Waals surface area (Å²) in [7, 11) is 0. The van der Waals surface area contributed by atoms with Gasteiger partial charge in [0.05, 0.1) is 5.54 Å². The highest BCUT2D eigenvalue weighted by Gasteiger charge is 2.35. The summed E-state index contributed by atoms with van der Waals surface area (Å²) in [5, 5.41) is 6.05. The first-order chi connectivity index (χ1) is 9.16. The molecule has 0 amide bonds. The van der Waals surface area contributed by atoms with E-state index in [2.05, 4.69) is 26.1 Å². The predicted octanol–water partition coefficient (Wildman–Crippen LogP) is 3.79. The van der Waals surface area contributed by atoms with Gasteiger partial charge in [0.2, 0.25) is 0 Å². The van der Waals surface area contributed by atoms with Crippen molar-refractivity contribution < 1.29 is 4.52 Å². The van der Waals surface area contributed by atoms with Crippen LogP contribution in [-0.4, -0.2) is 10.1 Å². The van der Waals surface area contributed by atoms with Gasteiger partial charge in [0.1, 0.15) is 0 Å². The standard InChI is InChI=1S/C13H14BrN3OS/c14-9-7-10(19-8-9)3-4-11-16-12(17-18-11)13(15)5-1-2-6-13/h3-4,7-8H,1-2,5-6,15H2/b4-3+. The van der Waals surface area contributed by atoms with Crippen LogP contribution in [0, 0.1) is 0 Å². The van der Waals surface area contributed by atoms with Crippen LogP contribution in [0.1, 0.15) is 42.3 Å². The first-order valence-corrected chi connectivity index (χ1v) is 7.88. The SMILES string of the molecule is NC1(c2noc(/C=C/c3cc(Br)cs3)n2)CCCC1. The van der Waals surface area contributed by atoms with Gasteiger partial charge in [-0.15, -0.1) is 11.3 Å². The first kappa shape index (κ1) is 13.0. The molecule has 2 aromatic rings. The fourth-order valence-corrected chi connectivity index (χ4v) is 3.64. The van der Waals surface area contributed by atoms with Gasteiger partial charge in [-0.05, 0) is 40.9 Å². The van der Waals surface area contributed by atoms with E-state index in [1.54, 1.807) is 11.3 Å². The third-order valence-electron chi connectivity index (χ3n) is 3.36. The van der Waals surface area contributed by atoms with Crippen LogP contribution < -0.4 is 5.73 Å². The van der Waals surface area contributed by atoms with Gasteiger partial charge in [0.25, 0.3) is 5.89 Å². The van der Waals surface area contributed by atoms with E-state index in [9.17, 15) is 0 Å². The Balaban J connectivity index is 1.76. The fourth-order valence-electron chi connectivity index (χ4n) is 2.30. The minimum atomic E-state index is -0.387. The van der Waals surface area contributed by atoms with Crippen molar-refractivity contribution in [3.63, 3.8) is 0 Å². The van der Waals surface area contributed by atoms with Crippen LogP contribution in [-0.2, 0) is 5.54 Å². The van der Waals surface area contributed by atoms with Crippen LogP contribution in [0.5, 0.6) is 0 Å². The second-order valence-corrected chi connectivity index (χ2v) is 6.68. The molecule has 19 heavy (non-hydrogen) atoms. The highest BCUT2D eigenvalue weighted by molar-refractivity contribution is 9.10. The van der Waals surface area contributed by atoms with E-state index in [1.165, 1.54) is 0 Å². The van der Waals surface area contributed by atoms with Crippen molar-refractivity contribution in [3.05, 3.63) is 32.5 Å². The third kappa shape index (κ3) is 2.80. The molecular formula is C13H14BrN3OS. The van der Waals surface area contributed by atoms with E-state index in [0.29, 0.717) is 11.7 Å². The first-order valence-electron chi connectivity index (χ1n) is 6.21. The molecule has 2 N–H and O–H groups in total. The number of halogens is 1. The second kappa shape index (κ2) is 5.19. The summed E-state index contributed by atoms with van der Waals surface area (Å²) in [6, 6.07) is 2.04. The number of thiophene rings is 1. The van der Waals surface area contributed by atoms with Gasteiger partial charge < -0.3 is 10.3 Å². The van der Waals surface area contributed by atoms with E-state index in [4.69, 9.17) is 10.3 Å². The molecule has 0 aliphatic heterocycles. The highest BCUT2D eigenvalue weighted by atomic mass is 79.9. The Bertz CT molecular complexity index is 599. The molecule has 1 aliphatic rings. The summed E-state index contributed by atoms with van der Waals surface area (Å²) in [5.74, 6) is 1.15. The molecule has 1 aliphatic carbocycles. The quantitative estimate of drug-likeness (QED) is 0.923. The van der Waals surface area contributed by atoms with Crippen LogP contribution >= 0.6 is 27.3 Å². The molecule has 2 aromatic heterocycles. The summed E-state index contributed by atoms with van der Waals surface area (Å²) < 4.78 is 6.31. The number of nitrogens with two attached hydrogens (primary N) is 1. The molecule has 100 valence electrons. The van der Waals surface area contributed by atoms with E-state index in [-0.39, 0.29) is 5.54 Å². The van der Waals surface area contributed by atoms with Crippen molar-refractivity contribution in [3.8, 4) is 0 Å². The zero-order valence-corrected chi connectivity index (χ0v) is 12.7. The Kier molecular flexibility index (Phi) is 3.56. The van der Waals surface area contributed by atoms with Crippen molar-refractivity contribution in [1.82, 2.24) is 10.1 Å². The lowest BCUT2D eigenvalue weighted by Crippen LogP contribution is -2.34. The number of aromatic nitrogens is 2. The molecule has 1 fully saturated rings. The predicted molar refractivity (Wildman–Crippen MR) is 79.6 cm³/mol. The number of nitrogens with zero attached hydrogens (tertiary/aromatic N) is 2. The van der Waals surface area contributed by atoms with Gasteiger partial charge in [0, 0.05) is 20.8 Å². The fraction of sp³-hybridized carbons (Fsp3) is 0.385. The lowest BCUT2D eigenvalue weighted by Gasteiger charge is -2.17. The maximum Gasteiger partial charge on any atom is 0.250 e. The number of rotatable bonds is 3. The third-order valence-corrected chi connectivity index (χ3v) is 5.02. The summed E-state index contributed by atoms with van der Waals surface area (Å²) in [6.07, 6.45) is 7.94. The average Bonchev–Trinajstić information content (AvgIpc) is 3.08. The van der Waals surface area contributed by atoms with Gasteiger partial charge in [-0.2, -0.15) is 4.98 Å². The van der Waals surface area contributed by atoms with E-state index in [1.807, 2.05) is 23.6 Å². The maximum absolute atomic E-state index is 6.29. The van der Waals surface area contributed by atoms with Crippen LogP contribution in [0.3, 0.4) is 0 Å². The van der Waals surface area contributed by atoms with Crippen LogP contribution in [0.15, 0.2) is 20.4 Å². The van der Waals surface area contributed by atoms with E-state index >= 15 is 0 Å². The van der Waals surface area contributed by atoms with Crippen LogP contribution in [0.4, 0.5) is 0 Å². The summed E-state index contributed by atoms with van der Waals surface area (Å²) in [4.78, 5) is 5.52. The molecule has 0 atom stereocenters. The Morgan fingerprint density at radius 2 is 2.16 bits per heavy atom. The lowest BCUT2D eigenvalue weighted by atomic mass is 9.99. The van der Waals surface area contributed by atoms with E-state index < -0.39 is 0 Å². The summed E-state index contributed by atoms with van der Waals surface area (Å²) >= 11 is 5.07. The minimum absolute atomic E-state index is 0.387. The van der Waals surface area contributed by atoms with Gasteiger partial charge in [-0.25, -0.2) is 0 Å². The molecule has 4 nitrogen and oxygen atoms in total. The summed E-state index contributed by atoms with van der Waals surface area (Å²) in [6.45, 7) is 0. The molecule has 2 heterocycles. The van der Waals surface area contributed by atoms with Crippen molar-refractivity contribution in [1.29, 1.82) is 0 Å². The van der Waals surface area contributed by atoms with Gasteiger partial charge in [0.15, 0.2) is 5.82 Å². The number of hydrogen-bond donors (Lipinski definition) is 1. The Morgan fingerprint density at radius 1 is 1.37 bits per heavy atom. The van der Waals surface area contributed by atoms with Gasteiger partial charge >= 0.3 is 0 Å². The minimum Gasteiger partial charge on any atom is -0.335 e. The smallest absolute Gasteiger partial charge is 0.250 e. The molecule has 0 aromatic carbocycles. The van der Waals surface area contributed by atoms with Crippen molar-refractivity contribution in [2.24, 2.45) is 5.73 Å². The average molecular weight is 340 g/mol. The Hall–Kier alpha value is -0.980. The van der Waals surface area contributed by atoms with Crippen molar-refractivity contribution in [2.75, 3.05) is 0 Å². The van der Waals surface area contributed by atoms with Crippen LogP contribution in [0.25, 0.3) is 12.2 Å². The summed E-state index contributed by atoms with van der Waals surface area (Å²) in [5.41, 5.74) is 5.90. The molecule has 0 radical (unpaired) electrons. The molecule has 0 unspecified atom stereocenters. The zero-order valence-electron chi connectivity index (χ0n) is 10.3. The monoisotopic (exact) mass is 339 g/mol. The molecule has 3 rings (SSSR count). The molecule has 0 bridgehead atoms. The highest BCUT2D eigenvalue weighted by Crippen LogP contribution is 2.34. The van der Waals surface area contributed by atoms with E-state index in [0.717, 1.165) is 35.0 Å². The molecule has 1 saturated carbocycles. The normalized spacial score (nSPS) is 18.4. The maximum atomic E-state index is 6.29. The van der Waals surface area contributed by atoms with Gasteiger partial charge in [-0.1, -0.05) is 18.0 Å². The van der Waals surface area contributed by atoms with Crippen LogP contribution in [0.2, 0.25) is 0 Å². The molecule has 0 spiro atoms. The van der Waals surface area contributed by atoms with Gasteiger partial charge in [-0.3, -0.25) is 0 Å². The molecule has 6 heteroatoms. The van der Waals surface area contributed by atoms with Crippen molar-refractivity contribution in [2.45, 2.75) is 31.2 Å². The lowest BCUT2D eigenvalue weighted by molar-refractivity contribution is 0.364. The topological polar surface area (TPSA) is 64.9 Å². The zero-order chi connectivity index (χ0) is 13.3. The molecule has 0 saturated heterocycles.